The molecule has 1 aliphatic heterocycles. The number of rotatable bonds is 3. The van der Waals surface area contributed by atoms with Crippen molar-refractivity contribution in [2.24, 2.45) is 0 Å². The van der Waals surface area contributed by atoms with Crippen molar-refractivity contribution in [1.29, 1.82) is 0 Å². The van der Waals surface area contributed by atoms with Gasteiger partial charge in [-0.2, -0.15) is 0 Å². The number of imide groups is 1. The second-order valence-corrected chi connectivity index (χ2v) is 4.60. The molecule has 1 aliphatic rings. The van der Waals surface area contributed by atoms with Crippen molar-refractivity contribution in [1.82, 2.24) is 10.6 Å². The zero-order chi connectivity index (χ0) is 14.0. The first-order chi connectivity index (χ1) is 9.01. The summed E-state index contributed by atoms with van der Waals surface area (Å²) < 4.78 is 5.71. The third kappa shape index (κ3) is 2.87. The van der Waals surface area contributed by atoms with E-state index >= 15 is 0 Å². The molecule has 6 nitrogen and oxygen atoms in total. The van der Waals surface area contributed by atoms with E-state index in [2.05, 4.69) is 26.6 Å². The fourth-order valence-corrected chi connectivity index (χ4v) is 2.05. The predicted molar refractivity (Wildman–Crippen MR) is 71.6 cm³/mol. The minimum Gasteiger partial charge on any atom is -0.503 e. The number of nitrogens with one attached hydrogen (secondary N) is 2. The van der Waals surface area contributed by atoms with Crippen molar-refractivity contribution in [3.05, 3.63) is 27.9 Å². The molecule has 0 atom stereocenters. The third-order valence-electron chi connectivity index (χ3n) is 2.38. The lowest BCUT2D eigenvalue weighted by Gasteiger charge is -2.08. The fourth-order valence-electron chi connectivity index (χ4n) is 1.59. The number of phenols is 1. The third-order valence-corrected chi connectivity index (χ3v) is 2.99. The summed E-state index contributed by atoms with van der Waals surface area (Å²) in [6, 6.07) is 2.64. The van der Waals surface area contributed by atoms with Gasteiger partial charge < -0.3 is 15.2 Å². The molecule has 7 heteroatoms. The van der Waals surface area contributed by atoms with Crippen LogP contribution in [0.25, 0.3) is 6.08 Å². The molecular weight excluding hydrogens is 316 g/mol. The van der Waals surface area contributed by atoms with Crippen LogP contribution in [0.2, 0.25) is 0 Å². The average Bonchev–Trinajstić information content (AvgIpc) is 2.64. The number of urea groups is 1. The molecule has 1 aromatic carbocycles. The number of hydrogen-bond donors (Lipinski definition) is 3. The highest BCUT2D eigenvalue weighted by molar-refractivity contribution is 9.10. The second kappa shape index (κ2) is 5.31. The first-order valence-electron chi connectivity index (χ1n) is 5.50. The maximum atomic E-state index is 11.4. The normalized spacial score (nSPS) is 16.4. The average molecular weight is 327 g/mol. The highest BCUT2D eigenvalue weighted by atomic mass is 79.9. The summed E-state index contributed by atoms with van der Waals surface area (Å²) in [5, 5.41) is 14.3. The van der Waals surface area contributed by atoms with E-state index in [1.807, 2.05) is 0 Å². The maximum absolute atomic E-state index is 11.4. The lowest BCUT2D eigenvalue weighted by molar-refractivity contribution is -0.115. The minimum atomic E-state index is -0.556. The number of halogens is 1. The molecule has 1 heterocycles. The molecule has 3 amide bonds. The number of phenolic OH excluding ortho intramolecular Hbond substituents is 1. The number of ether oxygens (including phenoxy) is 1. The molecule has 1 fully saturated rings. The summed E-state index contributed by atoms with van der Waals surface area (Å²) >= 11 is 3.20. The largest absolute Gasteiger partial charge is 0.503 e. The first kappa shape index (κ1) is 13.4. The second-order valence-electron chi connectivity index (χ2n) is 3.75. The molecule has 0 spiro atoms. The van der Waals surface area contributed by atoms with Crippen LogP contribution in [-0.4, -0.2) is 23.7 Å². The summed E-state index contributed by atoms with van der Waals surface area (Å²) in [5.74, 6) is -0.204. The number of carbonyl (C=O) groups is 2. The van der Waals surface area contributed by atoms with Gasteiger partial charge in [-0.1, -0.05) is 0 Å². The number of carbonyl (C=O) groups excluding carboxylic acids is 2. The van der Waals surface area contributed by atoms with Crippen LogP contribution in [0.3, 0.4) is 0 Å². The molecule has 0 unspecified atom stereocenters. The monoisotopic (exact) mass is 326 g/mol. The molecule has 0 bridgehead atoms. The summed E-state index contributed by atoms with van der Waals surface area (Å²) in [7, 11) is 0. The van der Waals surface area contributed by atoms with Gasteiger partial charge in [0, 0.05) is 0 Å². The highest BCUT2D eigenvalue weighted by Gasteiger charge is 2.23. The first-order valence-corrected chi connectivity index (χ1v) is 6.30. The van der Waals surface area contributed by atoms with Gasteiger partial charge in [0.1, 0.15) is 5.70 Å². The van der Waals surface area contributed by atoms with Gasteiger partial charge in [0.2, 0.25) is 0 Å². The van der Waals surface area contributed by atoms with E-state index < -0.39 is 11.9 Å². The van der Waals surface area contributed by atoms with E-state index in [1.54, 1.807) is 19.1 Å². The van der Waals surface area contributed by atoms with Crippen molar-refractivity contribution in [2.45, 2.75) is 6.92 Å². The van der Waals surface area contributed by atoms with E-state index in [1.165, 1.54) is 6.08 Å². The highest BCUT2D eigenvalue weighted by Crippen LogP contribution is 2.36. The van der Waals surface area contributed by atoms with Crippen molar-refractivity contribution >= 4 is 33.9 Å². The van der Waals surface area contributed by atoms with Crippen molar-refractivity contribution in [3.63, 3.8) is 0 Å². The molecule has 2 rings (SSSR count). The van der Waals surface area contributed by atoms with E-state index in [9.17, 15) is 14.7 Å². The molecule has 3 N–H and O–H groups in total. The molecule has 0 aliphatic carbocycles. The molecule has 0 radical (unpaired) electrons. The van der Waals surface area contributed by atoms with E-state index in [0.717, 1.165) is 0 Å². The van der Waals surface area contributed by atoms with E-state index in [-0.39, 0.29) is 11.4 Å². The van der Waals surface area contributed by atoms with Crippen LogP contribution in [0.1, 0.15) is 12.5 Å². The van der Waals surface area contributed by atoms with E-state index in [4.69, 9.17) is 4.74 Å². The van der Waals surface area contributed by atoms with Gasteiger partial charge >= 0.3 is 6.03 Å². The van der Waals surface area contributed by atoms with Crippen LogP contribution < -0.4 is 15.4 Å². The van der Waals surface area contributed by atoms with Crippen LogP contribution in [0.4, 0.5) is 4.79 Å². The standard InChI is InChI=1S/C12H11BrN2O4/c1-2-19-9-5-6(3-7(13)10(9)16)4-8-11(17)15-12(18)14-8/h3-5,16H,2H2,1H3,(H2,14,15,17,18). The molecule has 1 aromatic rings. The van der Waals surface area contributed by atoms with Crippen molar-refractivity contribution in [2.75, 3.05) is 6.61 Å². The van der Waals surface area contributed by atoms with Crippen LogP contribution in [0.5, 0.6) is 11.5 Å². The fraction of sp³-hybridized carbons (Fsp3) is 0.167. The smallest absolute Gasteiger partial charge is 0.326 e. The van der Waals surface area contributed by atoms with Gasteiger partial charge in [-0.3, -0.25) is 10.1 Å². The topological polar surface area (TPSA) is 87.7 Å². The van der Waals surface area contributed by atoms with E-state index in [0.29, 0.717) is 22.4 Å². The lowest BCUT2D eigenvalue weighted by Crippen LogP contribution is -2.22. The zero-order valence-corrected chi connectivity index (χ0v) is 11.6. The minimum absolute atomic E-state index is 0.0103. The Kier molecular flexibility index (Phi) is 3.75. The molecular formula is C12H11BrN2O4. The van der Waals surface area contributed by atoms with Gasteiger partial charge in [-0.15, -0.1) is 0 Å². The summed E-state index contributed by atoms with van der Waals surface area (Å²) in [6.45, 7) is 2.19. The maximum Gasteiger partial charge on any atom is 0.326 e. The van der Waals surface area contributed by atoms with Crippen LogP contribution >= 0.6 is 15.9 Å². The Morgan fingerprint density at radius 2 is 2.11 bits per heavy atom. The summed E-state index contributed by atoms with van der Waals surface area (Å²) in [5.41, 5.74) is 0.755. The summed E-state index contributed by atoms with van der Waals surface area (Å²) in [6.07, 6.45) is 1.49. The molecule has 1 saturated heterocycles. The molecule has 0 saturated carbocycles. The van der Waals surface area contributed by atoms with Crippen molar-refractivity contribution in [3.8, 4) is 11.5 Å². The molecule has 19 heavy (non-hydrogen) atoms. The number of aromatic hydroxyl groups is 1. The Balaban J connectivity index is 2.38. The number of hydrogen-bond acceptors (Lipinski definition) is 4. The number of benzene rings is 1. The van der Waals surface area contributed by atoms with Gasteiger partial charge in [0.25, 0.3) is 5.91 Å². The van der Waals surface area contributed by atoms with Gasteiger partial charge in [0.05, 0.1) is 11.1 Å². The molecule has 100 valence electrons. The van der Waals surface area contributed by atoms with Crippen molar-refractivity contribution < 1.29 is 19.4 Å². The van der Waals surface area contributed by atoms with Gasteiger partial charge in [0.15, 0.2) is 11.5 Å². The Morgan fingerprint density at radius 1 is 1.37 bits per heavy atom. The summed E-state index contributed by atoms with van der Waals surface area (Å²) in [4.78, 5) is 22.4. The van der Waals surface area contributed by atoms with Crippen LogP contribution in [-0.2, 0) is 4.79 Å². The zero-order valence-electron chi connectivity index (χ0n) is 9.99. The Morgan fingerprint density at radius 3 is 2.68 bits per heavy atom. The molecule has 0 aromatic heterocycles. The van der Waals surface area contributed by atoms with Gasteiger partial charge in [-0.05, 0) is 46.6 Å². The van der Waals surface area contributed by atoms with Crippen LogP contribution in [0, 0.1) is 0 Å². The van der Waals surface area contributed by atoms with Gasteiger partial charge in [-0.25, -0.2) is 4.79 Å². The lowest BCUT2D eigenvalue weighted by atomic mass is 10.1. The predicted octanol–water partition coefficient (Wildman–Crippen LogP) is 1.73. The SMILES string of the molecule is CCOc1cc(C=C2NC(=O)NC2=O)cc(Br)c1O. The van der Waals surface area contributed by atoms with Crippen LogP contribution in [0.15, 0.2) is 22.3 Å². The number of amides is 3. The quantitative estimate of drug-likeness (QED) is 0.583. The Hall–Kier alpha value is -2.02. The Bertz CT molecular complexity index is 583. The Labute approximate surface area is 117 Å².